The van der Waals surface area contributed by atoms with Crippen molar-refractivity contribution < 1.29 is 8.78 Å². The molecule has 0 saturated heterocycles. The summed E-state index contributed by atoms with van der Waals surface area (Å²) in [5, 5.41) is 6.24. The Hall–Kier alpha value is -2.68. The van der Waals surface area contributed by atoms with Crippen molar-refractivity contribution >= 4 is 23.2 Å². The van der Waals surface area contributed by atoms with Crippen LogP contribution in [-0.4, -0.2) is 29.7 Å². The maximum atomic E-state index is 13.6. The van der Waals surface area contributed by atoms with Crippen molar-refractivity contribution in [2.75, 3.05) is 5.32 Å². The molecule has 0 spiro atoms. The van der Waals surface area contributed by atoms with Crippen LogP contribution in [0.4, 0.5) is 20.4 Å². The Bertz CT molecular complexity index is 778. The van der Waals surface area contributed by atoms with E-state index in [4.69, 9.17) is 11.6 Å². The Balaban J connectivity index is 1.98. The van der Waals surface area contributed by atoms with Gasteiger partial charge in [0.15, 0.2) is 11.6 Å². The predicted molar refractivity (Wildman–Crippen MR) is 69.4 cm³/mol. The summed E-state index contributed by atoms with van der Waals surface area (Å²) < 4.78 is 28.0. The van der Waals surface area contributed by atoms with Crippen molar-refractivity contribution in [1.82, 2.24) is 29.7 Å². The zero-order valence-corrected chi connectivity index (χ0v) is 11.0. The second-order valence-electron chi connectivity index (χ2n) is 3.79. The number of halogens is 3. The van der Waals surface area contributed by atoms with Gasteiger partial charge in [-0.15, -0.1) is 0 Å². The molecule has 21 heavy (non-hydrogen) atoms. The number of hydrogen-bond acceptors (Lipinski definition) is 6. The van der Waals surface area contributed by atoms with Crippen LogP contribution < -0.4 is 5.32 Å². The highest BCUT2D eigenvalue weighted by Gasteiger charge is 2.12. The van der Waals surface area contributed by atoms with Gasteiger partial charge in [0.25, 0.3) is 5.95 Å². The third-order valence-electron chi connectivity index (χ3n) is 2.42. The third kappa shape index (κ3) is 2.77. The fourth-order valence-electron chi connectivity index (χ4n) is 1.53. The molecule has 0 bridgehead atoms. The van der Waals surface area contributed by atoms with Crippen molar-refractivity contribution in [3.63, 3.8) is 0 Å². The van der Waals surface area contributed by atoms with Crippen molar-refractivity contribution in [3.8, 4) is 5.95 Å². The van der Waals surface area contributed by atoms with Crippen LogP contribution in [0.1, 0.15) is 0 Å². The van der Waals surface area contributed by atoms with Crippen molar-refractivity contribution in [2.24, 2.45) is 0 Å². The van der Waals surface area contributed by atoms with Gasteiger partial charge >= 0.3 is 0 Å². The molecule has 0 amide bonds. The molecule has 0 unspecified atom stereocenters. The smallest absolute Gasteiger partial charge is 0.258 e. The van der Waals surface area contributed by atoms with Gasteiger partial charge in [0, 0.05) is 0 Å². The lowest BCUT2D eigenvalue weighted by atomic mass is 10.3. The molecule has 10 heteroatoms. The molecule has 106 valence electrons. The minimum atomic E-state index is -1.05. The number of nitrogens with zero attached hydrogens (tertiary/aromatic N) is 6. The van der Waals surface area contributed by atoms with E-state index in [0.29, 0.717) is 0 Å². The zero-order valence-electron chi connectivity index (χ0n) is 10.2. The molecule has 0 aliphatic heterocycles. The minimum Gasteiger partial charge on any atom is -0.321 e. The molecule has 1 N–H and O–H groups in total. The molecule has 0 saturated carbocycles. The Labute approximate surface area is 121 Å². The van der Waals surface area contributed by atoms with Crippen LogP contribution in [0.25, 0.3) is 5.95 Å². The molecule has 3 rings (SSSR count). The molecular formula is C11H6ClF2N7. The summed E-state index contributed by atoms with van der Waals surface area (Å²) in [7, 11) is 0. The first kappa shape index (κ1) is 13.3. The lowest BCUT2D eigenvalue weighted by molar-refractivity contribution is 0.511. The van der Waals surface area contributed by atoms with E-state index in [-0.39, 0.29) is 22.9 Å². The number of rotatable bonds is 3. The van der Waals surface area contributed by atoms with Crippen molar-refractivity contribution in [2.45, 2.75) is 0 Å². The predicted octanol–water partition coefficient (Wildman–Crippen LogP) is 2.13. The fraction of sp³-hybridized carbons (Fsp3) is 0. The monoisotopic (exact) mass is 309 g/mol. The number of benzene rings is 1. The van der Waals surface area contributed by atoms with Gasteiger partial charge in [-0.05, 0) is 23.7 Å². The Kier molecular flexibility index (Phi) is 3.40. The molecule has 0 aliphatic rings. The summed E-state index contributed by atoms with van der Waals surface area (Å²) in [6.07, 6.45) is 2.65. The second kappa shape index (κ2) is 5.37. The molecule has 0 radical (unpaired) electrons. The van der Waals surface area contributed by atoms with Crippen LogP contribution in [0.15, 0.2) is 30.9 Å². The van der Waals surface area contributed by atoms with E-state index in [1.54, 1.807) is 0 Å². The molecule has 1 aromatic carbocycles. The SMILES string of the molecule is Fc1cccc(Nc2nc(Cl)nc(-n3cncn3)n2)c1F. The van der Waals surface area contributed by atoms with E-state index in [1.807, 2.05) is 0 Å². The Morgan fingerprint density at radius 3 is 2.76 bits per heavy atom. The maximum Gasteiger partial charge on any atom is 0.258 e. The standard InChI is InChI=1S/C11H6ClF2N7/c12-9-18-10(17-7-3-1-2-6(13)8(7)14)20-11(19-9)21-5-15-4-16-21/h1-5H,(H,17,18,19,20). The largest absolute Gasteiger partial charge is 0.321 e. The van der Waals surface area contributed by atoms with Gasteiger partial charge in [-0.3, -0.25) is 0 Å². The molecular weight excluding hydrogens is 304 g/mol. The van der Waals surface area contributed by atoms with Crippen LogP contribution >= 0.6 is 11.6 Å². The van der Waals surface area contributed by atoms with Gasteiger partial charge in [0.1, 0.15) is 12.7 Å². The lowest BCUT2D eigenvalue weighted by Crippen LogP contribution is -2.07. The zero-order chi connectivity index (χ0) is 14.8. The number of nitrogens with one attached hydrogen (secondary N) is 1. The number of anilines is 2. The number of aromatic nitrogens is 6. The topological polar surface area (TPSA) is 81.4 Å². The first-order valence-corrected chi connectivity index (χ1v) is 5.99. The molecule has 3 aromatic rings. The van der Waals surface area contributed by atoms with E-state index >= 15 is 0 Å². The minimum absolute atomic E-state index is 0.0509. The average molecular weight is 310 g/mol. The highest BCUT2D eigenvalue weighted by molar-refractivity contribution is 6.28. The summed E-state index contributed by atoms with van der Waals surface area (Å²) in [6.45, 7) is 0. The van der Waals surface area contributed by atoms with E-state index in [2.05, 4.69) is 30.4 Å². The quantitative estimate of drug-likeness (QED) is 0.798. The van der Waals surface area contributed by atoms with Crippen LogP contribution in [0.3, 0.4) is 0 Å². The van der Waals surface area contributed by atoms with Gasteiger partial charge < -0.3 is 5.32 Å². The van der Waals surface area contributed by atoms with Gasteiger partial charge in [-0.25, -0.2) is 13.8 Å². The summed E-state index contributed by atoms with van der Waals surface area (Å²) in [5.74, 6) is -2.00. The second-order valence-corrected chi connectivity index (χ2v) is 4.13. The van der Waals surface area contributed by atoms with E-state index in [0.717, 1.165) is 6.07 Å². The summed E-state index contributed by atoms with van der Waals surface area (Å²) in [6, 6.07) is 3.69. The highest BCUT2D eigenvalue weighted by Crippen LogP contribution is 2.20. The first-order valence-electron chi connectivity index (χ1n) is 5.61. The van der Waals surface area contributed by atoms with E-state index < -0.39 is 11.6 Å². The maximum absolute atomic E-state index is 13.6. The molecule has 2 aromatic heterocycles. The first-order chi connectivity index (χ1) is 10.1. The fourth-order valence-corrected chi connectivity index (χ4v) is 1.69. The molecule has 0 atom stereocenters. The molecule has 2 heterocycles. The van der Waals surface area contributed by atoms with Gasteiger partial charge in [0.05, 0.1) is 5.69 Å². The van der Waals surface area contributed by atoms with Crippen LogP contribution in [-0.2, 0) is 0 Å². The summed E-state index contributed by atoms with van der Waals surface area (Å²) >= 11 is 5.77. The number of hydrogen-bond donors (Lipinski definition) is 1. The normalized spacial score (nSPS) is 10.6. The van der Waals surface area contributed by atoms with Gasteiger partial charge in [-0.2, -0.15) is 24.7 Å². The Morgan fingerprint density at radius 2 is 2.00 bits per heavy atom. The van der Waals surface area contributed by atoms with Crippen LogP contribution in [0, 0.1) is 11.6 Å². The van der Waals surface area contributed by atoms with Gasteiger partial charge in [0.2, 0.25) is 11.2 Å². The summed E-state index contributed by atoms with van der Waals surface area (Å²) in [5.41, 5.74) is -0.123. The molecule has 0 aliphatic carbocycles. The van der Waals surface area contributed by atoms with Gasteiger partial charge in [-0.1, -0.05) is 6.07 Å². The van der Waals surface area contributed by atoms with E-state index in [9.17, 15) is 8.78 Å². The summed E-state index contributed by atoms with van der Waals surface area (Å²) in [4.78, 5) is 15.4. The van der Waals surface area contributed by atoms with Crippen LogP contribution in [0.5, 0.6) is 0 Å². The lowest BCUT2D eigenvalue weighted by Gasteiger charge is -2.07. The van der Waals surface area contributed by atoms with E-state index in [1.165, 1.54) is 29.5 Å². The average Bonchev–Trinajstić information content (AvgIpc) is 2.97. The highest BCUT2D eigenvalue weighted by atomic mass is 35.5. The molecule has 7 nitrogen and oxygen atoms in total. The van der Waals surface area contributed by atoms with Crippen LogP contribution in [0.2, 0.25) is 5.28 Å². The molecule has 0 fully saturated rings. The van der Waals surface area contributed by atoms with Crippen molar-refractivity contribution in [3.05, 3.63) is 47.8 Å². The van der Waals surface area contributed by atoms with Crippen molar-refractivity contribution in [1.29, 1.82) is 0 Å². The Morgan fingerprint density at radius 1 is 1.14 bits per heavy atom. The third-order valence-corrected chi connectivity index (χ3v) is 2.59.